The van der Waals surface area contributed by atoms with Crippen molar-refractivity contribution >= 4 is 17.6 Å². The zero-order chi connectivity index (χ0) is 25.5. The van der Waals surface area contributed by atoms with E-state index in [-0.39, 0.29) is 17.3 Å². The lowest BCUT2D eigenvalue weighted by molar-refractivity contribution is 0.0693. The van der Waals surface area contributed by atoms with Gasteiger partial charge in [0.05, 0.1) is 0 Å². The zero-order valence-corrected chi connectivity index (χ0v) is 19.9. The van der Waals surface area contributed by atoms with Crippen LogP contribution in [0.15, 0.2) is 60.7 Å². The molecular weight excluding hydrogens is 457 g/mol. The lowest BCUT2D eigenvalue weighted by Crippen LogP contribution is -2.15. The Labute approximate surface area is 210 Å². The van der Waals surface area contributed by atoms with Crippen LogP contribution in [-0.2, 0) is 6.42 Å². The van der Waals surface area contributed by atoms with Crippen LogP contribution in [0, 0.1) is 23.6 Å². The van der Waals surface area contributed by atoms with E-state index >= 15 is 0 Å². The molecule has 0 heterocycles. The minimum Gasteiger partial charge on any atom is -0.507 e. The fourth-order valence-electron chi connectivity index (χ4n) is 4.65. The van der Waals surface area contributed by atoms with Gasteiger partial charge in [-0.15, -0.1) is 0 Å². The highest BCUT2D eigenvalue weighted by molar-refractivity contribution is 6.05. The number of carboxylic acid groups (broad SMARTS) is 1. The van der Waals surface area contributed by atoms with E-state index in [1.54, 1.807) is 24.3 Å². The predicted molar refractivity (Wildman–Crippen MR) is 137 cm³/mol. The van der Waals surface area contributed by atoms with Crippen molar-refractivity contribution in [3.8, 4) is 17.6 Å². The summed E-state index contributed by atoms with van der Waals surface area (Å²) in [4.78, 5) is 24.3. The van der Waals surface area contributed by atoms with Gasteiger partial charge < -0.3 is 15.5 Å². The number of hydrogen-bond acceptors (Lipinski definition) is 3. The Morgan fingerprint density at radius 3 is 2.28 bits per heavy atom. The fraction of sp³-hybridized carbons (Fsp3) is 0.267. The standard InChI is InChI=1S/C30H28FNO4/c31-24-13-10-21(11-14-24)8-9-22-12-16-26(23(18-22)7-3-6-20-4-1-2-5-20)29(34)32-25-15-17-27(30(35)36)28(33)19-25/h10-20,33H,1-7H2,(H,32,34)(H,35,36). The number of phenols is 1. The van der Waals surface area contributed by atoms with Crippen LogP contribution in [0.4, 0.5) is 10.1 Å². The number of carbonyl (C=O) groups excluding carboxylic acids is 1. The number of rotatable bonds is 7. The second-order valence-corrected chi connectivity index (χ2v) is 9.16. The molecule has 184 valence electrons. The Morgan fingerprint density at radius 2 is 1.58 bits per heavy atom. The Bertz CT molecular complexity index is 1320. The van der Waals surface area contributed by atoms with Crippen LogP contribution < -0.4 is 5.32 Å². The first-order valence-corrected chi connectivity index (χ1v) is 12.2. The summed E-state index contributed by atoms with van der Waals surface area (Å²) in [6.07, 6.45) is 7.94. The first-order valence-electron chi connectivity index (χ1n) is 12.2. The number of amides is 1. The molecule has 3 aromatic carbocycles. The Hall–Kier alpha value is -4.11. The molecule has 0 atom stereocenters. The Balaban J connectivity index is 1.55. The zero-order valence-electron chi connectivity index (χ0n) is 19.9. The summed E-state index contributed by atoms with van der Waals surface area (Å²) in [5.41, 5.74) is 2.92. The predicted octanol–water partition coefficient (Wildman–Crippen LogP) is 6.39. The normalized spacial score (nSPS) is 13.1. The van der Waals surface area contributed by atoms with Crippen LogP contribution in [0.2, 0.25) is 0 Å². The van der Waals surface area contributed by atoms with E-state index in [0.717, 1.165) is 36.3 Å². The van der Waals surface area contributed by atoms with Crippen LogP contribution in [0.3, 0.4) is 0 Å². The molecule has 1 saturated carbocycles. The Morgan fingerprint density at radius 1 is 0.917 bits per heavy atom. The molecule has 1 aliphatic carbocycles. The molecule has 36 heavy (non-hydrogen) atoms. The molecule has 6 heteroatoms. The van der Waals surface area contributed by atoms with Gasteiger partial charge in [0.2, 0.25) is 0 Å². The van der Waals surface area contributed by atoms with Crippen LogP contribution in [0.1, 0.15) is 75.9 Å². The molecule has 0 bridgehead atoms. The maximum atomic E-state index is 13.2. The molecule has 0 aliphatic heterocycles. The van der Waals surface area contributed by atoms with Crippen molar-refractivity contribution in [1.82, 2.24) is 0 Å². The van der Waals surface area contributed by atoms with Crippen LogP contribution >= 0.6 is 0 Å². The number of halogens is 1. The average Bonchev–Trinajstić information content (AvgIpc) is 3.37. The van der Waals surface area contributed by atoms with Crippen LogP contribution in [-0.4, -0.2) is 22.1 Å². The fourth-order valence-corrected chi connectivity index (χ4v) is 4.65. The van der Waals surface area contributed by atoms with Crippen molar-refractivity contribution < 1.29 is 24.2 Å². The molecule has 0 spiro atoms. The van der Waals surface area contributed by atoms with Crippen molar-refractivity contribution in [2.45, 2.75) is 44.9 Å². The summed E-state index contributed by atoms with van der Waals surface area (Å²) in [7, 11) is 0. The van der Waals surface area contributed by atoms with Gasteiger partial charge >= 0.3 is 5.97 Å². The highest BCUT2D eigenvalue weighted by atomic mass is 19.1. The third kappa shape index (κ3) is 6.51. The largest absolute Gasteiger partial charge is 0.507 e. The van der Waals surface area contributed by atoms with E-state index < -0.39 is 11.7 Å². The number of carbonyl (C=O) groups is 2. The quantitative estimate of drug-likeness (QED) is 0.338. The average molecular weight is 486 g/mol. The number of nitrogens with one attached hydrogen (secondary N) is 1. The molecule has 1 fully saturated rings. The number of carboxylic acids is 1. The van der Waals surface area contributed by atoms with Crippen molar-refractivity contribution in [1.29, 1.82) is 0 Å². The van der Waals surface area contributed by atoms with Gasteiger partial charge in [-0.1, -0.05) is 43.9 Å². The van der Waals surface area contributed by atoms with Gasteiger partial charge in [-0.05, 0) is 78.9 Å². The summed E-state index contributed by atoms with van der Waals surface area (Å²) < 4.78 is 13.2. The molecule has 1 aliphatic rings. The van der Waals surface area contributed by atoms with Gasteiger partial charge in [0.1, 0.15) is 17.1 Å². The lowest BCUT2D eigenvalue weighted by Gasteiger charge is -2.13. The molecule has 0 aromatic heterocycles. The van der Waals surface area contributed by atoms with Crippen molar-refractivity contribution in [3.05, 3.63) is 94.3 Å². The number of aryl methyl sites for hydroxylation is 1. The van der Waals surface area contributed by atoms with E-state index in [4.69, 9.17) is 5.11 Å². The van der Waals surface area contributed by atoms with E-state index in [0.29, 0.717) is 16.8 Å². The molecule has 4 rings (SSSR count). The first-order chi connectivity index (χ1) is 17.4. The molecule has 0 saturated heterocycles. The van der Waals surface area contributed by atoms with Gasteiger partial charge in [0.25, 0.3) is 5.91 Å². The van der Waals surface area contributed by atoms with E-state index in [2.05, 4.69) is 17.2 Å². The van der Waals surface area contributed by atoms with Crippen LogP contribution in [0.5, 0.6) is 5.75 Å². The second kappa shape index (κ2) is 11.5. The van der Waals surface area contributed by atoms with Gasteiger partial charge in [0.15, 0.2) is 0 Å². The molecule has 5 nitrogen and oxygen atoms in total. The molecular formula is C30H28FNO4. The van der Waals surface area contributed by atoms with Gasteiger partial charge in [-0.3, -0.25) is 4.79 Å². The third-order valence-electron chi connectivity index (χ3n) is 6.56. The number of benzene rings is 3. The topological polar surface area (TPSA) is 86.6 Å². The van der Waals surface area contributed by atoms with Gasteiger partial charge in [0, 0.05) is 28.4 Å². The van der Waals surface area contributed by atoms with Crippen LogP contribution in [0.25, 0.3) is 0 Å². The summed E-state index contributed by atoms with van der Waals surface area (Å²) >= 11 is 0. The lowest BCUT2D eigenvalue weighted by atomic mass is 9.94. The minimum absolute atomic E-state index is 0.232. The van der Waals surface area contributed by atoms with E-state index in [1.165, 1.54) is 56.0 Å². The molecule has 3 aromatic rings. The molecule has 0 radical (unpaired) electrons. The van der Waals surface area contributed by atoms with Gasteiger partial charge in [-0.2, -0.15) is 0 Å². The minimum atomic E-state index is -1.24. The summed E-state index contributed by atoms with van der Waals surface area (Å²) in [5.74, 6) is 4.57. The molecule has 1 amide bonds. The van der Waals surface area contributed by atoms with Crippen molar-refractivity contribution in [2.75, 3.05) is 5.32 Å². The Kier molecular flexibility index (Phi) is 8.02. The highest BCUT2D eigenvalue weighted by Crippen LogP contribution is 2.29. The monoisotopic (exact) mass is 485 g/mol. The number of anilines is 1. The number of aromatic carboxylic acids is 1. The molecule has 0 unspecified atom stereocenters. The van der Waals surface area contributed by atoms with Gasteiger partial charge in [-0.25, -0.2) is 9.18 Å². The maximum absolute atomic E-state index is 13.2. The second-order valence-electron chi connectivity index (χ2n) is 9.16. The first kappa shape index (κ1) is 25.0. The third-order valence-corrected chi connectivity index (χ3v) is 6.56. The maximum Gasteiger partial charge on any atom is 0.339 e. The SMILES string of the molecule is O=C(O)c1ccc(NC(=O)c2ccc(C#Cc3ccc(F)cc3)cc2CCCC2CCCC2)cc1O. The summed E-state index contributed by atoms with van der Waals surface area (Å²) in [5, 5.41) is 21.8. The number of hydrogen-bond donors (Lipinski definition) is 3. The summed E-state index contributed by atoms with van der Waals surface area (Å²) in [6.45, 7) is 0. The van der Waals surface area contributed by atoms with E-state index in [1.807, 2.05) is 6.07 Å². The van der Waals surface area contributed by atoms with Crippen molar-refractivity contribution in [2.24, 2.45) is 5.92 Å². The summed E-state index contributed by atoms with van der Waals surface area (Å²) in [6, 6.07) is 15.3. The van der Waals surface area contributed by atoms with Crippen molar-refractivity contribution in [3.63, 3.8) is 0 Å². The highest BCUT2D eigenvalue weighted by Gasteiger charge is 2.17. The smallest absolute Gasteiger partial charge is 0.339 e. The number of aromatic hydroxyl groups is 1. The van der Waals surface area contributed by atoms with E-state index in [9.17, 15) is 19.1 Å². The molecule has 3 N–H and O–H groups in total.